The van der Waals surface area contributed by atoms with Gasteiger partial charge in [-0.05, 0) is 46.3 Å². The molecule has 0 aromatic carbocycles. The Hall–Kier alpha value is -4.17. The van der Waals surface area contributed by atoms with Gasteiger partial charge in [0.05, 0.1) is 18.9 Å². The van der Waals surface area contributed by atoms with Crippen molar-refractivity contribution in [3.8, 4) is 17.7 Å². The van der Waals surface area contributed by atoms with E-state index < -0.39 is 6.04 Å². The molecular weight excluding hydrogens is 496 g/mol. The van der Waals surface area contributed by atoms with Crippen molar-refractivity contribution >= 4 is 29.4 Å². The second-order valence-electron chi connectivity index (χ2n) is 9.55. The summed E-state index contributed by atoms with van der Waals surface area (Å²) in [6.45, 7) is 2.84. The van der Waals surface area contributed by atoms with Crippen LogP contribution in [0, 0.1) is 11.8 Å². The first kappa shape index (κ1) is 29.4. The van der Waals surface area contributed by atoms with Crippen LogP contribution in [0.5, 0.6) is 5.88 Å². The van der Waals surface area contributed by atoms with Crippen LogP contribution < -0.4 is 20.7 Å². The van der Waals surface area contributed by atoms with Gasteiger partial charge in [0.1, 0.15) is 17.7 Å². The minimum atomic E-state index is -0.569. The van der Waals surface area contributed by atoms with Gasteiger partial charge in [0, 0.05) is 44.7 Å². The standard InChI is InChI=1S/C28H38N8O3/c1-20(36(4)25(37)14-10-18-35(2)3)27(38)29-17-8-6-7-11-21-19-30-28(34-26(21)31-22-15-16-22)33-23-12-9-13-24(32-23)39-5/h9-10,12-14,19-20,22H,6,8,15-18H2,1-5H3,(H,29,38)(H2,30,31,32,33,34)/t20-/m0/s1. The van der Waals surface area contributed by atoms with Crippen molar-refractivity contribution in [3.05, 3.63) is 42.1 Å². The topological polar surface area (TPSA) is 125 Å². The highest BCUT2D eigenvalue weighted by Gasteiger charge is 2.23. The highest BCUT2D eigenvalue weighted by atomic mass is 16.5. The SMILES string of the molecule is COc1cccc(Nc2ncc(C#CCCCNC(=O)[C@H](C)N(C)C(=O)C=CCN(C)C)c(NC3CC3)n2)n1. The van der Waals surface area contributed by atoms with E-state index in [0.29, 0.717) is 61.0 Å². The molecule has 2 aromatic heterocycles. The smallest absolute Gasteiger partial charge is 0.246 e. The number of ether oxygens (including phenoxy) is 1. The lowest BCUT2D eigenvalue weighted by Gasteiger charge is -2.23. The van der Waals surface area contributed by atoms with E-state index in [1.54, 1.807) is 39.4 Å². The largest absolute Gasteiger partial charge is 0.481 e. The van der Waals surface area contributed by atoms with Crippen molar-refractivity contribution in [1.82, 2.24) is 30.1 Å². The fraction of sp³-hybridized carbons (Fsp3) is 0.464. The minimum absolute atomic E-state index is 0.197. The van der Waals surface area contributed by atoms with Gasteiger partial charge in [0.15, 0.2) is 0 Å². The summed E-state index contributed by atoms with van der Waals surface area (Å²) >= 11 is 0. The average molecular weight is 535 g/mol. The number of carbonyl (C=O) groups excluding carboxylic acids is 2. The number of hydrogen-bond acceptors (Lipinski definition) is 9. The van der Waals surface area contributed by atoms with E-state index >= 15 is 0 Å². The van der Waals surface area contributed by atoms with Crippen LogP contribution in [0.2, 0.25) is 0 Å². The maximum absolute atomic E-state index is 12.5. The molecule has 1 aliphatic rings. The lowest BCUT2D eigenvalue weighted by Crippen LogP contribution is -2.45. The molecule has 2 amide bonds. The highest BCUT2D eigenvalue weighted by molar-refractivity contribution is 5.92. The molecule has 1 aliphatic carbocycles. The maximum Gasteiger partial charge on any atom is 0.246 e. The molecule has 0 bridgehead atoms. The van der Waals surface area contributed by atoms with Gasteiger partial charge >= 0.3 is 0 Å². The summed E-state index contributed by atoms with van der Waals surface area (Å²) in [5, 5.41) is 9.40. The van der Waals surface area contributed by atoms with E-state index in [2.05, 4.69) is 42.7 Å². The maximum atomic E-state index is 12.5. The minimum Gasteiger partial charge on any atom is -0.481 e. The fourth-order valence-electron chi connectivity index (χ4n) is 3.32. The van der Waals surface area contributed by atoms with E-state index in [-0.39, 0.29) is 11.8 Å². The summed E-state index contributed by atoms with van der Waals surface area (Å²) in [7, 11) is 7.04. The Morgan fingerprint density at radius 1 is 1.23 bits per heavy atom. The van der Waals surface area contributed by atoms with E-state index in [4.69, 9.17) is 4.74 Å². The first-order valence-corrected chi connectivity index (χ1v) is 13.0. The number of aromatic nitrogens is 3. The molecule has 3 rings (SSSR count). The van der Waals surface area contributed by atoms with Gasteiger partial charge in [0.2, 0.25) is 23.6 Å². The first-order chi connectivity index (χ1) is 18.8. The molecule has 0 unspecified atom stereocenters. The van der Waals surface area contributed by atoms with Crippen LogP contribution >= 0.6 is 0 Å². The number of unbranched alkanes of at least 4 members (excludes halogenated alkanes) is 1. The van der Waals surface area contributed by atoms with Crippen molar-refractivity contribution in [2.75, 3.05) is 52.0 Å². The highest BCUT2D eigenvalue weighted by Crippen LogP contribution is 2.26. The van der Waals surface area contributed by atoms with E-state index in [0.717, 1.165) is 12.8 Å². The zero-order chi connectivity index (χ0) is 28.2. The number of methoxy groups -OCH3 is 1. The van der Waals surface area contributed by atoms with Crippen molar-refractivity contribution in [2.45, 2.75) is 44.7 Å². The van der Waals surface area contributed by atoms with Gasteiger partial charge in [-0.25, -0.2) is 4.98 Å². The van der Waals surface area contributed by atoms with E-state index in [1.807, 2.05) is 31.1 Å². The molecular formula is C28H38N8O3. The van der Waals surface area contributed by atoms with Crippen LogP contribution in [0.1, 0.15) is 38.2 Å². The summed E-state index contributed by atoms with van der Waals surface area (Å²) < 4.78 is 5.17. The monoisotopic (exact) mass is 534 g/mol. The predicted molar refractivity (Wildman–Crippen MR) is 152 cm³/mol. The van der Waals surface area contributed by atoms with Gasteiger partial charge in [-0.2, -0.15) is 9.97 Å². The molecule has 1 atom stereocenters. The van der Waals surface area contributed by atoms with Gasteiger partial charge < -0.3 is 30.5 Å². The molecule has 11 heteroatoms. The van der Waals surface area contributed by atoms with Gasteiger partial charge in [-0.3, -0.25) is 9.59 Å². The molecule has 1 saturated carbocycles. The summed E-state index contributed by atoms with van der Waals surface area (Å²) in [6, 6.07) is 5.24. The summed E-state index contributed by atoms with van der Waals surface area (Å²) in [4.78, 5) is 41.4. The van der Waals surface area contributed by atoms with E-state index in [9.17, 15) is 9.59 Å². The van der Waals surface area contributed by atoms with Crippen molar-refractivity contribution < 1.29 is 14.3 Å². The number of nitrogens with zero attached hydrogens (tertiary/aromatic N) is 5. The quantitative estimate of drug-likeness (QED) is 0.202. The van der Waals surface area contributed by atoms with Crippen molar-refractivity contribution in [1.29, 1.82) is 0 Å². The molecule has 2 aromatic rings. The summed E-state index contributed by atoms with van der Waals surface area (Å²) in [5.41, 5.74) is 0.714. The average Bonchev–Trinajstić information content (AvgIpc) is 3.74. The number of amides is 2. The third-order valence-electron chi connectivity index (χ3n) is 5.92. The van der Waals surface area contributed by atoms with Crippen LogP contribution in [0.3, 0.4) is 0 Å². The third-order valence-corrected chi connectivity index (χ3v) is 5.92. The molecule has 3 N–H and O–H groups in total. The molecule has 1 fully saturated rings. The van der Waals surface area contributed by atoms with Crippen LogP contribution in [0.25, 0.3) is 0 Å². The Balaban J connectivity index is 1.49. The van der Waals surface area contributed by atoms with Gasteiger partial charge in [0.25, 0.3) is 0 Å². The summed E-state index contributed by atoms with van der Waals surface area (Å²) in [6.07, 6.45) is 8.43. The molecule has 0 spiro atoms. The first-order valence-electron chi connectivity index (χ1n) is 13.0. The lowest BCUT2D eigenvalue weighted by molar-refractivity contribution is -0.135. The van der Waals surface area contributed by atoms with Crippen LogP contribution in [0.4, 0.5) is 17.6 Å². The summed E-state index contributed by atoms with van der Waals surface area (Å²) in [5.74, 6) is 8.07. The predicted octanol–water partition coefficient (Wildman–Crippen LogP) is 2.41. The van der Waals surface area contributed by atoms with Crippen molar-refractivity contribution in [2.24, 2.45) is 0 Å². The van der Waals surface area contributed by atoms with Gasteiger partial charge in [-0.15, -0.1) is 0 Å². The van der Waals surface area contributed by atoms with Gasteiger partial charge in [-0.1, -0.05) is 24.0 Å². The fourth-order valence-corrected chi connectivity index (χ4v) is 3.32. The molecule has 2 heterocycles. The molecule has 11 nitrogen and oxygen atoms in total. The number of anilines is 3. The van der Waals surface area contributed by atoms with Crippen LogP contribution in [-0.4, -0.2) is 90.0 Å². The second kappa shape index (κ2) is 14.7. The number of pyridine rings is 1. The molecule has 0 radical (unpaired) electrons. The van der Waals surface area contributed by atoms with Crippen molar-refractivity contribution in [3.63, 3.8) is 0 Å². The second-order valence-corrected chi connectivity index (χ2v) is 9.55. The Bertz CT molecular complexity index is 1220. The third kappa shape index (κ3) is 9.90. The number of nitrogens with one attached hydrogen (secondary N) is 3. The Kier molecular flexibility index (Phi) is 11.1. The van der Waals surface area contributed by atoms with Crippen LogP contribution in [0.15, 0.2) is 36.5 Å². The Morgan fingerprint density at radius 3 is 2.74 bits per heavy atom. The Labute approximate surface area is 230 Å². The molecule has 0 saturated heterocycles. The number of hydrogen-bond donors (Lipinski definition) is 3. The number of carbonyl (C=O) groups is 2. The number of likely N-dealkylation sites (N-methyl/N-ethyl adjacent to an activating group) is 2. The molecule has 0 aliphatic heterocycles. The lowest BCUT2D eigenvalue weighted by atomic mass is 10.2. The zero-order valence-electron chi connectivity index (χ0n) is 23.3. The Morgan fingerprint density at radius 2 is 2.03 bits per heavy atom. The van der Waals surface area contributed by atoms with E-state index in [1.165, 1.54) is 11.0 Å². The molecule has 208 valence electrons. The molecule has 39 heavy (non-hydrogen) atoms. The zero-order valence-corrected chi connectivity index (χ0v) is 23.3. The normalized spacial score (nSPS) is 13.4. The number of rotatable bonds is 13. The van der Waals surface area contributed by atoms with Crippen LogP contribution in [-0.2, 0) is 9.59 Å².